The SMILES string of the molecule is C[C@@H](Cc1ccc(C2CCC(CCc3cc(F)c(Cl)c(F)c3)CC2)cc1)c1ccccc1. The molecule has 0 aromatic heterocycles. The monoisotopic (exact) mass is 452 g/mol. The van der Waals surface area contributed by atoms with Crippen molar-refractivity contribution in [2.45, 2.75) is 63.7 Å². The number of rotatable bonds is 7. The third kappa shape index (κ3) is 5.78. The van der Waals surface area contributed by atoms with E-state index in [2.05, 4.69) is 61.5 Å². The predicted octanol–water partition coefficient (Wildman–Crippen LogP) is 8.87. The van der Waals surface area contributed by atoms with E-state index in [1.54, 1.807) is 0 Å². The average molecular weight is 453 g/mol. The van der Waals surface area contributed by atoms with Gasteiger partial charge in [0.2, 0.25) is 0 Å². The number of hydrogen-bond donors (Lipinski definition) is 0. The summed E-state index contributed by atoms with van der Waals surface area (Å²) in [6.07, 6.45) is 7.47. The lowest BCUT2D eigenvalue weighted by molar-refractivity contribution is 0.310. The fraction of sp³-hybridized carbons (Fsp3) is 0.379. The first-order chi connectivity index (χ1) is 15.5. The van der Waals surface area contributed by atoms with Crippen LogP contribution in [0.25, 0.3) is 0 Å². The Morgan fingerprint density at radius 2 is 1.47 bits per heavy atom. The van der Waals surface area contributed by atoms with Gasteiger partial charge in [0.1, 0.15) is 16.7 Å². The summed E-state index contributed by atoms with van der Waals surface area (Å²) >= 11 is 5.59. The van der Waals surface area contributed by atoms with Crippen LogP contribution < -0.4 is 0 Å². The van der Waals surface area contributed by atoms with Crippen LogP contribution in [0.1, 0.15) is 73.1 Å². The van der Waals surface area contributed by atoms with E-state index in [1.165, 1.54) is 54.5 Å². The molecule has 1 saturated carbocycles. The fourth-order valence-electron chi connectivity index (χ4n) is 5.09. The summed E-state index contributed by atoms with van der Waals surface area (Å²) < 4.78 is 27.3. The highest BCUT2D eigenvalue weighted by atomic mass is 35.5. The topological polar surface area (TPSA) is 0 Å². The highest BCUT2D eigenvalue weighted by molar-refractivity contribution is 6.30. The van der Waals surface area contributed by atoms with Gasteiger partial charge in [-0.3, -0.25) is 0 Å². The van der Waals surface area contributed by atoms with Gasteiger partial charge in [0.25, 0.3) is 0 Å². The molecule has 0 radical (unpaired) electrons. The summed E-state index contributed by atoms with van der Waals surface area (Å²) in [5.74, 6) is 0.440. The van der Waals surface area contributed by atoms with E-state index in [0.717, 1.165) is 12.8 Å². The number of benzene rings is 3. The van der Waals surface area contributed by atoms with E-state index in [4.69, 9.17) is 11.6 Å². The Hall–Kier alpha value is -2.19. The van der Waals surface area contributed by atoms with Crippen LogP contribution in [-0.4, -0.2) is 0 Å². The number of hydrogen-bond acceptors (Lipinski definition) is 0. The van der Waals surface area contributed by atoms with Crippen LogP contribution in [-0.2, 0) is 12.8 Å². The second-order valence-corrected chi connectivity index (χ2v) is 9.77. The molecule has 0 unspecified atom stereocenters. The van der Waals surface area contributed by atoms with Crippen molar-refractivity contribution in [1.82, 2.24) is 0 Å². The van der Waals surface area contributed by atoms with Crippen LogP contribution in [0.2, 0.25) is 5.02 Å². The number of halogens is 3. The first kappa shape index (κ1) is 23.0. The summed E-state index contributed by atoms with van der Waals surface area (Å²) in [6.45, 7) is 2.29. The van der Waals surface area contributed by atoms with Crippen molar-refractivity contribution in [3.8, 4) is 0 Å². The van der Waals surface area contributed by atoms with Crippen LogP contribution in [0.4, 0.5) is 8.78 Å². The van der Waals surface area contributed by atoms with Crippen LogP contribution in [0, 0.1) is 17.6 Å². The van der Waals surface area contributed by atoms with E-state index < -0.39 is 16.7 Å². The minimum Gasteiger partial charge on any atom is -0.205 e. The minimum atomic E-state index is -0.660. The van der Waals surface area contributed by atoms with Gasteiger partial charge in [-0.05, 0) is 97.1 Å². The lowest BCUT2D eigenvalue weighted by Gasteiger charge is -2.29. The molecule has 4 rings (SSSR count). The van der Waals surface area contributed by atoms with Gasteiger partial charge in [0.15, 0.2) is 0 Å². The van der Waals surface area contributed by atoms with Gasteiger partial charge in [0.05, 0.1) is 0 Å². The van der Waals surface area contributed by atoms with E-state index >= 15 is 0 Å². The summed E-state index contributed by atoms with van der Waals surface area (Å²) in [5, 5.41) is -0.408. The van der Waals surface area contributed by atoms with Gasteiger partial charge in [-0.2, -0.15) is 0 Å². The molecule has 3 aromatic carbocycles. The van der Waals surface area contributed by atoms with E-state index in [-0.39, 0.29) is 0 Å². The van der Waals surface area contributed by atoms with Crippen molar-refractivity contribution in [3.05, 3.63) is 106 Å². The second-order valence-electron chi connectivity index (χ2n) is 9.39. The normalized spacial score (nSPS) is 19.6. The number of aryl methyl sites for hydroxylation is 1. The lowest BCUT2D eigenvalue weighted by Crippen LogP contribution is -2.14. The van der Waals surface area contributed by atoms with Crippen LogP contribution >= 0.6 is 11.6 Å². The molecule has 0 nitrogen and oxygen atoms in total. The standard InChI is InChI=1S/C29H31ClF2/c1-20(24-5-3-2-4-6-24)17-22-11-15-26(16-12-22)25-13-9-21(10-14-25)7-8-23-18-27(31)29(30)28(32)19-23/h2-6,11-12,15-16,18-21,25H,7-10,13-14,17H2,1H3/t20-,21?,25?/m0/s1. The van der Waals surface area contributed by atoms with Crippen molar-refractivity contribution in [2.75, 3.05) is 0 Å². The predicted molar refractivity (Wildman–Crippen MR) is 129 cm³/mol. The van der Waals surface area contributed by atoms with Crippen LogP contribution in [0.15, 0.2) is 66.7 Å². The highest BCUT2D eigenvalue weighted by Gasteiger charge is 2.22. The molecule has 32 heavy (non-hydrogen) atoms. The molecule has 0 heterocycles. The Kier molecular flexibility index (Phi) is 7.63. The Morgan fingerprint density at radius 3 is 2.09 bits per heavy atom. The van der Waals surface area contributed by atoms with E-state index in [9.17, 15) is 8.78 Å². The molecule has 1 fully saturated rings. The van der Waals surface area contributed by atoms with Crippen molar-refractivity contribution in [3.63, 3.8) is 0 Å². The molecule has 1 aliphatic rings. The highest BCUT2D eigenvalue weighted by Crippen LogP contribution is 2.38. The molecule has 0 saturated heterocycles. The third-order valence-corrected chi connectivity index (χ3v) is 7.45. The molecule has 0 aliphatic heterocycles. The quantitative estimate of drug-likeness (QED) is 0.314. The zero-order valence-corrected chi connectivity index (χ0v) is 19.4. The van der Waals surface area contributed by atoms with Gasteiger partial charge >= 0.3 is 0 Å². The Balaban J connectivity index is 1.26. The smallest absolute Gasteiger partial charge is 0.145 e. The molecule has 1 aliphatic carbocycles. The second kappa shape index (κ2) is 10.6. The van der Waals surface area contributed by atoms with Gasteiger partial charge in [-0.1, -0.05) is 73.1 Å². The maximum absolute atomic E-state index is 13.7. The summed E-state index contributed by atoms with van der Waals surface area (Å²) in [5.41, 5.74) is 4.92. The van der Waals surface area contributed by atoms with Gasteiger partial charge < -0.3 is 0 Å². The Bertz CT molecular complexity index is 982. The zero-order valence-electron chi connectivity index (χ0n) is 18.7. The summed E-state index contributed by atoms with van der Waals surface area (Å²) in [6, 6.07) is 22.7. The average Bonchev–Trinajstić information content (AvgIpc) is 2.82. The van der Waals surface area contributed by atoms with Crippen LogP contribution in [0.5, 0.6) is 0 Å². The van der Waals surface area contributed by atoms with Crippen molar-refractivity contribution >= 4 is 11.6 Å². The summed E-state index contributed by atoms with van der Waals surface area (Å²) in [4.78, 5) is 0. The first-order valence-corrected chi connectivity index (χ1v) is 12.1. The van der Waals surface area contributed by atoms with Crippen molar-refractivity contribution in [1.29, 1.82) is 0 Å². The van der Waals surface area contributed by atoms with Gasteiger partial charge in [-0.25, -0.2) is 8.78 Å². The minimum absolute atomic E-state index is 0.408. The van der Waals surface area contributed by atoms with E-state index in [0.29, 0.717) is 29.7 Å². The van der Waals surface area contributed by atoms with Crippen molar-refractivity contribution in [2.24, 2.45) is 5.92 Å². The van der Waals surface area contributed by atoms with Crippen LogP contribution in [0.3, 0.4) is 0 Å². The van der Waals surface area contributed by atoms with E-state index in [1.807, 2.05) is 0 Å². The van der Waals surface area contributed by atoms with Crippen molar-refractivity contribution < 1.29 is 8.78 Å². The molecule has 168 valence electrons. The summed E-state index contributed by atoms with van der Waals surface area (Å²) in [7, 11) is 0. The zero-order chi connectivity index (χ0) is 22.5. The third-order valence-electron chi connectivity index (χ3n) is 7.09. The molecule has 0 amide bonds. The molecule has 0 N–H and O–H groups in total. The molecule has 1 atom stereocenters. The Morgan fingerprint density at radius 1 is 0.844 bits per heavy atom. The Labute approximate surface area is 195 Å². The molecular formula is C29H31ClF2. The maximum Gasteiger partial charge on any atom is 0.145 e. The maximum atomic E-state index is 13.7. The van der Waals surface area contributed by atoms with Gasteiger partial charge in [0, 0.05) is 0 Å². The lowest BCUT2D eigenvalue weighted by atomic mass is 9.76. The molecule has 3 heteroatoms. The fourth-order valence-corrected chi connectivity index (χ4v) is 5.20. The molecule has 3 aromatic rings. The molecular weight excluding hydrogens is 422 g/mol. The van der Waals surface area contributed by atoms with Gasteiger partial charge in [-0.15, -0.1) is 0 Å². The molecule has 0 spiro atoms. The first-order valence-electron chi connectivity index (χ1n) is 11.8. The molecule has 0 bridgehead atoms. The largest absolute Gasteiger partial charge is 0.205 e.